The van der Waals surface area contributed by atoms with Gasteiger partial charge in [-0.05, 0) is 25.1 Å². The van der Waals surface area contributed by atoms with Gasteiger partial charge in [-0.3, -0.25) is 0 Å². The molecule has 0 bridgehead atoms. The first-order valence-corrected chi connectivity index (χ1v) is 4.56. The summed E-state index contributed by atoms with van der Waals surface area (Å²) in [4.78, 5) is 0. The molecule has 0 aliphatic carbocycles. The fraction of sp³-hybridized carbons (Fsp3) is 0.0769. The van der Waals surface area contributed by atoms with Crippen molar-refractivity contribution in [3.63, 3.8) is 0 Å². The molecule has 0 spiro atoms. The van der Waals surface area contributed by atoms with Crippen molar-refractivity contribution in [1.29, 1.82) is 0 Å². The quantitative estimate of drug-likeness (QED) is 0.691. The maximum atomic E-state index is 5.58. The second-order valence-corrected chi connectivity index (χ2v) is 3.14. The Kier molecular flexibility index (Phi) is 2.50. The van der Waals surface area contributed by atoms with Gasteiger partial charge in [0.15, 0.2) is 0 Å². The van der Waals surface area contributed by atoms with Crippen molar-refractivity contribution in [2.24, 2.45) is 0 Å². The monoisotopic (exact) mass is 183 g/mol. The Hall–Kier alpha value is -1.76. The molecule has 0 fully saturated rings. The van der Waals surface area contributed by atoms with Crippen LogP contribution in [0.2, 0.25) is 0 Å². The van der Waals surface area contributed by atoms with E-state index in [0.29, 0.717) is 0 Å². The summed E-state index contributed by atoms with van der Waals surface area (Å²) < 4.78 is 5.58. The van der Waals surface area contributed by atoms with E-state index < -0.39 is 0 Å². The molecule has 2 aromatic rings. The van der Waals surface area contributed by atoms with Gasteiger partial charge in [-0.15, -0.1) is 0 Å². The molecule has 1 heteroatoms. The lowest BCUT2D eigenvalue weighted by Gasteiger charge is -2.04. The molecule has 0 heterocycles. The van der Waals surface area contributed by atoms with E-state index >= 15 is 0 Å². The fourth-order valence-corrected chi connectivity index (χ4v) is 1.17. The smallest absolute Gasteiger partial charge is 0.135 e. The lowest BCUT2D eigenvalue weighted by atomic mass is 10.2. The summed E-state index contributed by atoms with van der Waals surface area (Å²) in [5, 5.41) is 0. The van der Waals surface area contributed by atoms with Crippen molar-refractivity contribution in [1.82, 2.24) is 0 Å². The van der Waals surface area contributed by atoms with E-state index in [0.717, 1.165) is 11.5 Å². The minimum absolute atomic E-state index is 0.747. The van der Waals surface area contributed by atoms with Gasteiger partial charge in [-0.2, -0.15) is 0 Å². The highest BCUT2D eigenvalue weighted by atomic mass is 16.5. The lowest BCUT2D eigenvalue weighted by Crippen LogP contribution is -1.83. The van der Waals surface area contributed by atoms with Gasteiger partial charge in [0.1, 0.15) is 11.5 Å². The third kappa shape index (κ3) is 2.13. The standard InChI is InChI=1S/C13H11O/c1-11-7-9-13(10-8-11)14-12-5-3-2-4-6-12/h2-5,7-10H,1H3. The van der Waals surface area contributed by atoms with Gasteiger partial charge < -0.3 is 4.74 Å². The van der Waals surface area contributed by atoms with Crippen molar-refractivity contribution in [2.45, 2.75) is 6.92 Å². The van der Waals surface area contributed by atoms with Crippen LogP contribution in [-0.4, -0.2) is 0 Å². The van der Waals surface area contributed by atoms with E-state index in [1.807, 2.05) is 48.5 Å². The number of benzene rings is 2. The topological polar surface area (TPSA) is 9.23 Å². The van der Waals surface area contributed by atoms with Crippen LogP contribution in [-0.2, 0) is 0 Å². The summed E-state index contributed by atoms with van der Waals surface area (Å²) in [5.41, 5.74) is 1.23. The summed E-state index contributed by atoms with van der Waals surface area (Å²) in [6.07, 6.45) is 0. The van der Waals surface area contributed by atoms with Gasteiger partial charge in [0.25, 0.3) is 0 Å². The summed E-state index contributed by atoms with van der Waals surface area (Å²) in [6.45, 7) is 2.05. The molecule has 0 N–H and O–H groups in total. The Balaban J connectivity index is 2.16. The highest BCUT2D eigenvalue weighted by Crippen LogP contribution is 2.20. The normalized spacial score (nSPS) is 9.79. The van der Waals surface area contributed by atoms with Crippen LogP contribution in [0.5, 0.6) is 11.5 Å². The Bertz CT molecular complexity index is 389. The van der Waals surface area contributed by atoms with Crippen LogP contribution in [0.3, 0.4) is 0 Å². The number of hydrogen-bond acceptors (Lipinski definition) is 1. The van der Waals surface area contributed by atoms with Crippen LogP contribution < -0.4 is 4.74 Å². The van der Waals surface area contributed by atoms with E-state index in [4.69, 9.17) is 4.74 Å². The summed E-state index contributed by atoms with van der Waals surface area (Å²) >= 11 is 0. The molecule has 0 atom stereocenters. The van der Waals surface area contributed by atoms with Gasteiger partial charge in [-0.25, -0.2) is 0 Å². The molecule has 1 nitrogen and oxygen atoms in total. The average Bonchev–Trinajstić information content (AvgIpc) is 2.23. The molecule has 0 aliphatic heterocycles. The fourth-order valence-electron chi connectivity index (χ4n) is 1.17. The minimum atomic E-state index is 0.747. The highest BCUT2D eigenvalue weighted by Gasteiger charge is 1.94. The number of para-hydroxylation sites is 1. The van der Waals surface area contributed by atoms with Gasteiger partial charge in [0.05, 0.1) is 0 Å². The maximum absolute atomic E-state index is 5.58. The molecule has 0 aliphatic rings. The molecule has 2 rings (SSSR count). The van der Waals surface area contributed by atoms with Gasteiger partial charge >= 0.3 is 0 Å². The summed E-state index contributed by atoms with van der Waals surface area (Å²) in [7, 11) is 0. The zero-order valence-electron chi connectivity index (χ0n) is 8.03. The predicted molar refractivity (Wildman–Crippen MR) is 56.5 cm³/mol. The van der Waals surface area contributed by atoms with Crippen LogP contribution in [0.25, 0.3) is 0 Å². The molecule has 0 amide bonds. The third-order valence-corrected chi connectivity index (χ3v) is 1.93. The summed E-state index contributed by atoms with van der Waals surface area (Å²) in [5.74, 6) is 1.59. The van der Waals surface area contributed by atoms with Gasteiger partial charge in [0.2, 0.25) is 0 Å². The van der Waals surface area contributed by atoms with Crippen molar-refractivity contribution >= 4 is 0 Å². The summed E-state index contributed by atoms with van der Waals surface area (Å²) in [6, 6.07) is 18.5. The minimum Gasteiger partial charge on any atom is -0.457 e. The largest absolute Gasteiger partial charge is 0.457 e. The molecule has 0 aromatic heterocycles. The highest BCUT2D eigenvalue weighted by molar-refractivity contribution is 5.31. The Morgan fingerprint density at radius 3 is 2.43 bits per heavy atom. The first-order valence-electron chi connectivity index (χ1n) is 4.56. The van der Waals surface area contributed by atoms with Gasteiger partial charge in [0, 0.05) is 6.07 Å². The van der Waals surface area contributed by atoms with Crippen LogP contribution in [0.15, 0.2) is 48.5 Å². The Labute approximate surface area is 84.0 Å². The molecular formula is C13H11O. The van der Waals surface area contributed by atoms with E-state index in [1.165, 1.54) is 5.56 Å². The zero-order chi connectivity index (χ0) is 9.80. The zero-order valence-corrected chi connectivity index (χ0v) is 8.03. The number of hydrogen-bond donors (Lipinski definition) is 0. The second-order valence-electron chi connectivity index (χ2n) is 3.14. The molecule has 0 saturated heterocycles. The van der Waals surface area contributed by atoms with Crippen LogP contribution in [0.4, 0.5) is 0 Å². The van der Waals surface area contributed by atoms with Crippen LogP contribution >= 0.6 is 0 Å². The van der Waals surface area contributed by atoms with Crippen molar-refractivity contribution in [3.8, 4) is 11.5 Å². The van der Waals surface area contributed by atoms with E-state index in [1.54, 1.807) is 0 Å². The number of aryl methyl sites for hydroxylation is 1. The molecular weight excluding hydrogens is 172 g/mol. The molecule has 0 unspecified atom stereocenters. The predicted octanol–water partition coefficient (Wildman–Crippen LogP) is 3.59. The Morgan fingerprint density at radius 2 is 1.79 bits per heavy atom. The molecule has 0 saturated carbocycles. The Morgan fingerprint density at radius 1 is 1.00 bits per heavy atom. The first-order chi connectivity index (χ1) is 6.84. The van der Waals surface area contributed by atoms with E-state index in [2.05, 4.69) is 13.0 Å². The van der Waals surface area contributed by atoms with Crippen LogP contribution in [0.1, 0.15) is 5.56 Å². The molecule has 2 aromatic carbocycles. The lowest BCUT2D eigenvalue weighted by molar-refractivity contribution is 0.481. The average molecular weight is 183 g/mol. The maximum Gasteiger partial charge on any atom is 0.135 e. The first kappa shape index (κ1) is 8.82. The molecule has 14 heavy (non-hydrogen) atoms. The van der Waals surface area contributed by atoms with E-state index in [9.17, 15) is 0 Å². The van der Waals surface area contributed by atoms with E-state index in [-0.39, 0.29) is 0 Å². The molecule has 1 radical (unpaired) electrons. The SMILES string of the molecule is Cc1ccc(Oc2[c]cccc2)cc1. The van der Waals surface area contributed by atoms with Crippen molar-refractivity contribution in [2.75, 3.05) is 0 Å². The van der Waals surface area contributed by atoms with Gasteiger partial charge in [-0.1, -0.05) is 35.9 Å². The van der Waals surface area contributed by atoms with Crippen LogP contribution in [0, 0.1) is 13.0 Å². The number of rotatable bonds is 2. The van der Waals surface area contributed by atoms with Crippen molar-refractivity contribution < 1.29 is 4.74 Å². The van der Waals surface area contributed by atoms with Crippen molar-refractivity contribution in [3.05, 3.63) is 60.2 Å². The third-order valence-electron chi connectivity index (χ3n) is 1.93. The second kappa shape index (κ2) is 3.97. The molecule has 69 valence electrons. The number of ether oxygens (including phenoxy) is 1.